The molecular formula is C13H18N6O8S. The van der Waals surface area contributed by atoms with Crippen molar-refractivity contribution in [3.63, 3.8) is 0 Å². The summed E-state index contributed by atoms with van der Waals surface area (Å²) in [5.74, 6) is -1.08. The van der Waals surface area contributed by atoms with E-state index >= 15 is 0 Å². The van der Waals surface area contributed by atoms with Crippen LogP contribution in [0.1, 0.15) is 13.2 Å². The molecule has 0 saturated carbocycles. The molecule has 28 heavy (non-hydrogen) atoms. The molecule has 5 atom stereocenters. The summed E-state index contributed by atoms with van der Waals surface area (Å²) >= 11 is 0. The first-order valence-electron chi connectivity index (χ1n) is 7.94. The molecule has 1 amide bonds. The summed E-state index contributed by atoms with van der Waals surface area (Å²) < 4.78 is 36.3. The Hall–Kier alpha value is -2.43. The number of rotatable bonds is 6. The molecule has 0 radical (unpaired) electrons. The number of fused-ring (bicyclic) bond motifs is 1. The van der Waals surface area contributed by atoms with Gasteiger partial charge in [-0.25, -0.2) is 19.7 Å². The first-order valence-corrected chi connectivity index (χ1v) is 9.35. The summed E-state index contributed by atoms with van der Waals surface area (Å²) in [4.78, 5) is 23.1. The second kappa shape index (κ2) is 7.53. The van der Waals surface area contributed by atoms with Crippen molar-refractivity contribution in [3.05, 3.63) is 12.7 Å². The lowest BCUT2D eigenvalue weighted by molar-refractivity contribution is -0.126. The van der Waals surface area contributed by atoms with Crippen LogP contribution in [0, 0.1) is 0 Å². The first-order chi connectivity index (χ1) is 13.1. The fraction of sp³-hybridized carbons (Fsp3) is 0.538. The monoisotopic (exact) mass is 418 g/mol. The molecule has 154 valence electrons. The molecule has 2 aromatic rings. The van der Waals surface area contributed by atoms with Crippen molar-refractivity contribution in [2.45, 2.75) is 37.6 Å². The number of carbonyl (C=O) groups is 1. The van der Waals surface area contributed by atoms with E-state index in [2.05, 4.69) is 19.1 Å². The third-order valence-electron chi connectivity index (χ3n) is 3.99. The van der Waals surface area contributed by atoms with Crippen molar-refractivity contribution in [2.24, 2.45) is 0 Å². The van der Waals surface area contributed by atoms with E-state index in [4.69, 9.17) is 15.6 Å². The second-order valence-electron chi connectivity index (χ2n) is 6.01. The molecule has 6 N–H and O–H groups in total. The van der Waals surface area contributed by atoms with Crippen LogP contribution in [0.3, 0.4) is 0 Å². The maximum absolute atomic E-state index is 11.7. The van der Waals surface area contributed by atoms with Gasteiger partial charge in [0.05, 0.1) is 12.9 Å². The SMILES string of the molecule is C[C@H](O)C(=O)NS(=O)(=O)OC[C@H]1O[C@@H](n2cnc3c(N)ncnc32)[C@H](O)[C@@H]1O. The molecule has 1 aliphatic rings. The van der Waals surface area contributed by atoms with Crippen LogP contribution in [0.15, 0.2) is 12.7 Å². The van der Waals surface area contributed by atoms with Gasteiger partial charge in [-0.3, -0.25) is 13.5 Å². The van der Waals surface area contributed by atoms with Crippen molar-refractivity contribution >= 4 is 33.2 Å². The fourth-order valence-corrected chi connectivity index (χ4v) is 3.34. The minimum Gasteiger partial charge on any atom is -0.387 e. The van der Waals surface area contributed by atoms with Gasteiger partial charge >= 0.3 is 10.3 Å². The van der Waals surface area contributed by atoms with E-state index < -0.39 is 53.5 Å². The number of carbonyl (C=O) groups excluding carboxylic acids is 1. The van der Waals surface area contributed by atoms with Crippen LogP contribution in [0.2, 0.25) is 0 Å². The maximum Gasteiger partial charge on any atom is 0.362 e. The molecule has 1 fully saturated rings. The molecule has 0 aliphatic carbocycles. The largest absolute Gasteiger partial charge is 0.387 e. The molecule has 1 saturated heterocycles. The van der Waals surface area contributed by atoms with Crippen LogP contribution in [-0.4, -0.2) is 80.2 Å². The van der Waals surface area contributed by atoms with Crippen LogP contribution in [0.4, 0.5) is 5.82 Å². The zero-order chi connectivity index (χ0) is 20.6. The fourth-order valence-electron chi connectivity index (χ4n) is 2.55. The van der Waals surface area contributed by atoms with E-state index in [9.17, 15) is 23.4 Å². The van der Waals surface area contributed by atoms with Crippen LogP contribution < -0.4 is 10.5 Å². The number of hydrogen-bond donors (Lipinski definition) is 5. The lowest BCUT2D eigenvalue weighted by Gasteiger charge is -2.16. The van der Waals surface area contributed by atoms with Gasteiger partial charge in [0, 0.05) is 0 Å². The highest BCUT2D eigenvalue weighted by atomic mass is 32.2. The number of anilines is 1. The van der Waals surface area contributed by atoms with Crippen LogP contribution >= 0.6 is 0 Å². The highest BCUT2D eigenvalue weighted by molar-refractivity contribution is 7.85. The van der Waals surface area contributed by atoms with Crippen LogP contribution in [-0.2, 0) is 24.0 Å². The third kappa shape index (κ3) is 3.89. The molecular weight excluding hydrogens is 400 g/mol. The normalized spacial score (nSPS) is 26.4. The number of nitrogens with two attached hydrogens (primary N) is 1. The van der Waals surface area contributed by atoms with E-state index in [-0.39, 0.29) is 17.0 Å². The zero-order valence-electron chi connectivity index (χ0n) is 14.4. The summed E-state index contributed by atoms with van der Waals surface area (Å²) in [7, 11) is -4.55. The number of nitrogens with one attached hydrogen (secondary N) is 1. The number of aromatic nitrogens is 4. The number of aliphatic hydroxyl groups is 3. The van der Waals surface area contributed by atoms with Gasteiger partial charge in [0.2, 0.25) is 0 Å². The first kappa shape index (κ1) is 20.3. The number of ether oxygens (including phenoxy) is 1. The third-order valence-corrected chi connectivity index (χ3v) is 4.89. The summed E-state index contributed by atoms with van der Waals surface area (Å²) in [6.45, 7) is 0.363. The number of nitrogens with zero attached hydrogens (tertiary/aromatic N) is 4. The minimum atomic E-state index is -4.55. The molecule has 2 aromatic heterocycles. The quantitative estimate of drug-likeness (QED) is 0.313. The molecule has 0 unspecified atom stereocenters. The van der Waals surface area contributed by atoms with Gasteiger partial charge in [0.1, 0.15) is 36.3 Å². The average molecular weight is 418 g/mol. The molecule has 15 heteroatoms. The Labute approximate surface area is 158 Å². The standard InChI is InChI=1S/C13H18N6O8S/c1-5(20)12(23)18-28(24,25)26-2-6-8(21)9(22)13(27-6)19-4-17-7-10(14)15-3-16-11(7)19/h3-6,8-9,13,20-22H,2H2,1H3,(H,18,23)(H2,14,15,16)/t5-,6+,8+,9+,13+/m0/s1. The summed E-state index contributed by atoms with van der Waals surface area (Å²) in [6, 6.07) is 0. The minimum absolute atomic E-state index is 0.108. The van der Waals surface area contributed by atoms with Gasteiger partial charge in [-0.1, -0.05) is 0 Å². The Morgan fingerprint density at radius 2 is 2.11 bits per heavy atom. The maximum atomic E-state index is 11.7. The van der Waals surface area contributed by atoms with Crippen molar-refractivity contribution in [3.8, 4) is 0 Å². The lowest BCUT2D eigenvalue weighted by Crippen LogP contribution is -2.40. The van der Waals surface area contributed by atoms with E-state index in [1.165, 1.54) is 21.9 Å². The number of aliphatic hydroxyl groups excluding tert-OH is 3. The second-order valence-corrected chi connectivity index (χ2v) is 7.36. The van der Waals surface area contributed by atoms with E-state index in [0.717, 1.165) is 6.92 Å². The van der Waals surface area contributed by atoms with Gasteiger partial charge in [0.25, 0.3) is 5.91 Å². The highest BCUT2D eigenvalue weighted by Gasteiger charge is 2.45. The summed E-state index contributed by atoms with van der Waals surface area (Å²) in [5, 5.41) is 29.5. The van der Waals surface area contributed by atoms with E-state index in [0.29, 0.717) is 0 Å². The Morgan fingerprint density at radius 1 is 1.39 bits per heavy atom. The van der Waals surface area contributed by atoms with Gasteiger partial charge in [-0.2, -0.15) is 8.42 Å². The highest BCUT2D eigenvalue weighted by Crippen LogP contribution is 2.32. The van der Waals surface area contributed by atoms with Crippen molar-refractivity contribution in [1.82, 2.24) is 24.2 Å². The zero-order valence-corrected chi connectivity index (χ0v) is 15.2. The van der Waals surface area contributed by atoms with Crippen molar-refractivity contribution in [1.29, 1.82) is 0 Å². The Bertz CT molecular complexity index is 979. The summed E-state index contributed by atoms with van der Waals surface area (Å²) in [6.07, 6.45) is -4.49. The Balaban J connectivity index is 1.72. The topological polar surface area (TPSA) is 212 Å². The average Bonchev–Trinajstić information content (AvgIpc) is 3.16. The number of hydrogen-bond acceptors (Lipinski definition) is 12. The predicted octanol–water partition coefficient (Wildman–Crippen LogP) is -3.21. The lowest BCUT2D eigenvalue weighted by atomic mass is 10.1. The molecule has 0 aromatic carbocycles. The van der Waals surface area contributed by atoms with Gasteiger partial charge in [-0.05, 0) is 6.92 Å². The number of imidazole rings is 1. The van der Waals surface area contributed by atoms with Crippen LogP contribution in [0.25, 0.3) is 11.2 Å². The smallest absolute Gasteiger partial charge is 0.362 e. The van der Waals surface area contributed by atoms with Gasteiger partial charge in [-0.15, -0.1) is 0 Å². The molecule has 3 heterocycles. The Morgan fingerprint density at radius 3 is 2.79 bits per heavy atom. The molecule has 14 nitrogen and oxygen atoms in total. The molecule has 0 bridgehead atoms. The predicted molar refractivity (Wildman–Crippen MR) is 90.4 cm³/mol. The van der Waals surface area contributed by atoms with Crippen molar-refractivity contribution in [2.75, 3.05) is 12.3 Å². The van der Waals surface area contributed by atoms with E-state index in [1.807, 2.05) is 0 Å². The molecule has 0 spiro atoms. The van der Waals surface area contributed by atoms with Gasteiger partial charge < -0.3 is 25.8 Å². The Kier molecular flexibility index (Phi) is 5.46. The van der Waals surface area contributed by atoms with E-state index in [1.54, 1.807) is 0 Å². The summed E-state index contributed by atoms with van der Waals surface area (Å²) in [5.41, 5.74) is 6.19. The number of nitrogen functional groups attached to an aromatic ring is 1. The molecule has 3 rings (SSSR count). The number of amides is 1. The van der Waals surface area contributed by atoms with Crippen molar-refractivity contribution < 1.29 is 37.5 Å². The molecule has 1 aliphatic heterocycles. The van der Waals surface area contributed by atoms with Gasteiger partial charge in [0.15, 0.2) is 17.7 Å². The van der Waals surface area contributed by atoms with Crippen LogP contribution in [0.5, 0.6) is 0 Å².